The van der Waals surface area contributed by atoms with E-state index in [1.165, 1.54) is 5.56 Å². The Kier molecular flexibility index (Phi) is 10.7. The molecule has 1 unspecified atom stereocenters. The van der Waals surface area contributed by atoms with Gasteiger partial charge < -0.3 is 15.4 Å². The molecule has 130 valence electrons. The first-order valence-electron chi connectivity index (χ1n) is 8.46. The fourth-order valence-corrected chi connectivity index (χ4v) is 2.70. The lowest BCUT2D eigenvalue weighted by Crippen LogP contribution is -2.40. The van der Waals surface area contributed by atoms with Crippen molar-refractivity contribution in [2.45, 2.75) is 32.1 Å². The zero-order valence-electron chi connectivity index (χ0n) is 13.8. The summed E-state index contributed by atoms with van der Waals surface area (Å²) in [7, 11) is 0. The maximum Gasteiger partial charge on any atom is 0.224 e. The van der Waals surface area contributed by atoms with Crippen LogP contribution in [0.5, 0.6) is 0 Å². The number of ether oxygens (including phenoxy) is 1. The smallest absolute Gasteiger partial charge is 0.224 e. The van der Waals surface area contributed by atoms with Crippen LogP contribution in [-0.2, 0) is 16.0 Å². The highest BCUT2D eigenvalue weighted by Gasteiger charge is 2.19. The Morgan fingerprint density at radius 1 is 1.22 bits per heavy atom. The number of carbonyl (C=O) groups is 1. The maximum atomic E-state index is 11.9. The third-order valence-corrected chi connectivity index (χ3v) is 4.06. The zero-order valence-corrected chi connectivity index (χ0v) is 14.6. The fraction of sp³-hybridized carbons (Fsp3) is 0.611. The van der Waals surface area contributed by atoms with Gasteiger partial charge in [0.1, 0.15) is 0 Å². The van der Waals surface area contributed by atoms with E-state index in [1.807, 2.05) is 6.07 Å². The van der Waals surface area contributed by atoms with E-state index in [9.17, 15) is 4.79 Å². The van der Waals surface area contributed by atoms with Gasteiger partial charge in [0.05, 0.1) is 12.5 Å². The zero-order chi connectivity index (χ0) is 15.5. The van der Waals surface area contributed by atoms with E-state index in [4.69, 9.17) is 4.74 Å². The van der Waals surface area contributed by atoms with Gasteiger partial charge in [0.25, 0.3) is 0 Å². The molecule has 2 N–H and O–H groups in total. The van der Waals surface area contributed by atoms with Crippen LogP contribution in [0.15, 0.2) is 30.3 Å². The molecule has 1 heterocycles. The molecule has 1 aliphatic rings. The van der Waals surface area contributed by atoms with Crippen molar-refractivity contribution in [2.75, 3.05) is 32.8 Å². The van der Waals surface area contributed by atoms with Gasteiger partial charge >= 0.3 is 0 Å². The minimum absolute atomic E-state index is 0. The van der Waals surface area contributed by atoms with Gasteiger partial charge in [0.2, 0.25) is 5.91 Å². The summed E-state index contributed by atoms with van der Waals surface area (Å²) in [6.07, 6.45) is 5.07. The molecule has 0 bridgehead atoms. The van der Waals surface area contributed by atoms with E-state index in [0.29, 0.717) is 0 Å². The summed E-state index contributed by atoms with van der Waals surface area (Å²) in [5.41, 5.74) is 1.32. The molecular weight excluding hydrogens is 312 g/mol. The van der Waals surface area contributed by atoms with Gasteiger partial charge in [0, 0.05) is 19.7 Å². The number of carbonyl (C=O) groups excluding carboxylic acids is 1. The van der Waals surface area contributed by atoms with Gasteiger partial charge in [-0.15, -0.1) is 12.4 Å². The summed E-state index contributed by atoms with van der Waals surface area (Å²) in [5.74, 6) is 0.369. The number of amides is 1. The van der Waals surface area contributed by atoms with Crippen LogP contribution in [0.4, 0.5) is 0 Å². The number of benzene rings is 1. The molecule has 4 nitrogen and oxygen atoms in total. The Hall–Kier alpha value is -1.10. The summed E-state index contributed by atoms with van der Waals surface area (Å²) in [5, 5.41) is 6.31. The van der Waals surface area contributed by atoms with E-state index >= 15 is 0 Å². The van der Waals surface area contributed by atoms with Crippen molar-refractivity contribution < 1.29 is 9.53 Å². The van der Waals surface area contributed by atoms with Crippen LogP contribution < -0.4 is 10.6 Å². The molecule has 2 rings (SSSR count). The van der Waals surface area contributed by atoms with Crippen LogP contribution in [0, 0.1) is 5.92 Å². The third kappa shape index (κ3) is 8.35. The molecular formula is C18H29ClN2O2. The lowest BCUT2D eigenvalue weighted by Gasteiger charge is -2.21. The van der Waals surface area contributed by atoms with Crippen molar-refractivity contribution >= 4 is 18.3 Å². The standard InChI is InChI=1S/C18H28N2O2.ClH/c21-18(17-9-6-11-19-15-17)20-12-4-5-13-22-14-10-16-7-2-1-3-8-16;/h1-3,7-8,17,19H,4-6,9-15H2,(H,20,21);1H. The van der Waals surface area contributed by atoms with Crippen LogP contribution >= 0.6 is 12.4 Å². The van der Waals surface area contributed by atoms with E-state index in [1.54, 1.807) is 0 Å². The Morgan fingerprint density at radius 3 is 2.78 bits per heavy atom. The minimum atomic E-state index is 0. The Balaban J connectivity index is 0.00000264. The molecule has 0 aromatic heterocycles. The normalized spacial score (nSPS) is 17.3. The molecule has 1 fully saturated rings. The monoisotopic (exact) mass is 340 g/mol. The first kappa shape index (κ1) is 19.9. The number of hydrogen-bond acceptors (Lipinski definition) is 3. The average molecular weight is 341 g/mol. The van der Waals surface area contributed by atoms with Gasteiger partial charge in [-0.05, 0) is 44.2 Å². The number of halogens is 1. The topological polar surface area (TPSA) is 50.4 Å². The number of rotatable bonds is 9. The van der Waals surface area contributed by atoms with E-state index < -0.39 is 0 Å². The van der Waals surface area contributed by atoms with Crippen LogP contribution in [0.25, 0.3) is 0 Å². The van der Waals surface area contributed by atoms with Gasteiger partial charge in [-0.2, -0.15) is 0 Å². The summed E-state index contributed by atoms with van der Waals surface area (Å²) in [6.45, 7) is 4.17. The van der Waals surface area contributed by atoms with Crippen molar-refractivity contribution in [2.24, 2.45) is 5.92 Å². The lowest BCUT2D eigenvalue weighted by molar-refractivity contribution is -0.125. The lowest BCUT2D eigenvalue weighted by atomic mass is 9.99. The highest BCUT2D eigenvalue weighted by atomic mass is 35.5. The second-order valence-electron chi connectivity index (χ2n) is 5.89. The maximum absolute atomic E-state index is 11.9. The highest BCUT2D eigenvalue weighted by Crippen LogP contribution is 2.09. The summed E-state index contributed by atoms with van der Waals surface area (Å²) >= 11 is 0. The number of unbranched alkanes of at least 4 members (excludes halogenated alkanes) is 1. The van der Waals surface area contributed by atoms with E-state index in [2.05, 4.69) is 34.9 Å². The van der Waals surface area contributed by atoms with Gasteiger partial charge in [0.15, 0.2) is 0 Å². The predicted octanol–water partition coefficient (Wildman–Crippen LogP) is 2.56. The Bertz CT molecular complexity index is 422. The molecule has 1 aromatic rings. The molecule has 0 radical (unpaired) electrons. The quantitative estimate of drug-likeness (QED) is 0.679. The highest BCUT2D eigenvalue weighted by molar-refractivity contribution is 5.85. The van der Waals surface area contributed by atoms with Crippen LogP contribution in [-0.4, -0.2) is 38.8 Å². The van der Waals surface area contributed by atoms with Crippen LogP contribution in [0.1, 0.15) is 31.2 Å². The van der Waals surface area contributed by atoms with Crippen molar-refractivity contribution in [3.8, 4) is 0 Å². The molecule has 23 heavy (non-hydrogen) atoms. The molecule has 0 spiro atoms. The van der Waals surface area contributed by atoms with Crippen molar-refractivity contribution in [1.82, 2.24) is 10.6 Å². The molecule has 0 aliphatic carbocycles. The first-order chi connectivity index (χ1) is 10.9. The van der Waals surface area contributed by atoms with Crippen LogP contribution in [0.2, 0.25) is 0 Å². The first-order valence-corrected chi connectivity index (χ1v) is 8.46. The molecule has 1 aliphatic heterocycles. The minimum Gasteiger partial charge on any atom is -0.381 e. The molecule has 1 atom stereocenters. The SMILES string of the molecule is Cl.O=C(NCCCCOCCc1ccccc1)C1CCCNC1. The van der Waals surface area contributed by atoms with E-state index in [-0.39, 0.29) is 24.2 Å². The summed E-state index contributed by atoms with van der Waals surface area (Å²) in [6, 6.07) is 10.4. The average Bonchev–Trinajstić information content (AvgIpc) is 2.59. The molecule has 1 amide bonds. The summed E-state index contributed by atoms with van der Waals surface area (Å²) in [4.78, 5) is 11.9. The largest absolute Gasteiger partial charge is 0.381 e. The predicted molar refractivity (Wildman–Crippen MR) is 96.1 cm³/mol. The molecule has 1 saturated heterocycles. The van der Waals surface area contributed by atoms with Gasteiger partial charge in [-0.1, -0.05) is 30.3 Å². The molecule has 0 saturated carbocycles. The number of hydrogen-bond donors (Lipinski definition) is 2. The van der Waals surface area contributed by atoms with E-state index in [0.717, 1.165) is 65.0 Å². The number of nitrogens with one attached hydrogen (secondary N) is 2. The van der Waals surface area contributed by atoms with Crippen molar-refractivity contribution in [3.63, 3.8) is 0 Å². The molecule has 5 heteroatoms. The second kappa shape index (κ2) is 12.3. The third-order valence-electron chi connectivity index (χ3n) is 4.06. The fourth-order valence-electron chi connectivity index (χ4n) is 2.70. The molecule has 1 aromatic carbocycles. The summed E-state index contributed by atoms with van der Waals surface area (Å²) < 4.78 is 5.64. The second-order valence-corrected chi connectivity index (χ2v) is 5.89. The van der Waals surface area contributed by atoms with Gasteiger partial charge in [-0.3, -0.25) is 4.79 Å². The van der Waals surface area contributed by atoms with Crippen LogP contribution in [0.3, 0.4) is 0 Å². The van der Waals surface area contributed by atoms with Gasteiger partial charge in [-0.25, -0.2) is 0 Å². The number of piperidine rings is 1. The Morgan fingerprint density at radius 2 is 2.04 bits per heavy atom. The van der Waals surface area contributed by atoms with Crippen molar-refractivity contribution in [3.05, 3.63) is 35.9 Å². The van der Waals surface area contributed by atoms with Crippen molar-refractivity contribution in [1.29, 1.82) is 0 Å². The Labute approximate surface area is 145 Å².